The maximum atomic E-state index is 4.47. The van der Waals surface area contributed by atoms with E-state index in [1.165, 1.54) is 22.3 Å². The summed E-state index contributed by atoms with van der Waals surface area (Å²) in [6.45, 7) is 5.12. The highest BCUT2D eigenvalue weighted by Crippen LogP contribution is 2.18. The van der Waals surface area contributed by atoms with E-state index in [1.807, 2.05) is 24.4 Å². The van der Waals surface area contributed by atoms with Gasteiger partial charge in [0.15, 0.2) is 0 Å². The average Bonchev–Trinajstić information content (AvgIpc) is 2.72. The van der Waals surface area contributed by atoms with E-state index in [0.29, 0.717) is 0 Å². The van der Waals surface area contributed by atoms with Crippen LogP contribution < -0.4 is 5.32 Å². The van der Waals surface area contributed by atoms with Gasteiger partial charge < -0.3 is 9.88 Å². The summed E-state index contributed by atoms with van der Waals surface area (Å²) in [5.74, 6) is 0. The first-order valence-electron chi connectivity index (χ1n) is 6.85. The third kappa shape index (κ3) is 2.27. The topological polar surface area (TPSA) is 29.9 Å². The number of para-hydroxylation sites is 1. The van der Waals surface area contributed by atoms with Gasteiger partial charge in [-0.2, -0.15) is 0 Å². The fourth-order valence-corrected chi connectivity index (χ4v) is 2.48. The van der Waals surface area contributed by atoms with Gasteiger partial charge in [0.05, 0.1) is 17.4 Å². The zero-order valence-corrected chi connectivity index (χ0v) is 12.1. The molecule has 102 valence electrons. The molecule has 0 bridgehead atoms. The van der Waals surface area contributed by atoms with Crippen LogP contribution in [0.15, 0.2) is 42.6 Å². The molecule has 0 radical (unpaired) electrons. The molecule has 3 aromatic rings. The molecule has 20 heavy (non-hydrogen) atoms. The summed E-state index contributed by atoms with van der Waals surface area (Å²) < 4.78 is 2.22. The molecule has 3 heteroatoms. The van der Waals surface area contributed by atoms with E-state index in [0.717, 1.165) is 17.7 Å². The number of rotatable bonds is 3. The molecule has 0 fully saturated rings. The summed E-state index contributed by atoms with van der Waals surface area (Å²) in [6.07, 6.45) is 1.90. The summed E-state index contributed by atoms with van der Waals surface area (Å²) in [5.41, 5.74) is 6.02. The molecule has 0 aliphatic rings. The van der Waals surface area contributed by atoms with Crippen LogP contribution in [0.5, 0.6) is 0 Å². The van der Waals surface area contributed by atoms with Crippen LogP contribution >= 0.6 is 0 Å². The van der Waals surface area contributed by atoms with Gasteiger partial charge in [-0.25, -0.2) is 0 Å². The lowest BCUT2D eigenvalue weighted by molar-refractivity contribution is 0.837. The first kappa shape index (κ1) is 12.7. The first-order valence-corrected chi connectivity index (χ1v) is 6.85. The Kier molecular flexibility index (Phi) is 3.18. The third-order valence-electron chi connectivity index (χ3n) is 3.95. The second-order valence-electron chi connectivity index (χ2n) is 5.23. The molecule has 0 amide bonds. The Balaban J connectivity index is 1.81. The fourth-order valence-electron chi connectivity index (χ4n) is 2.48. The molecular weight excluding hydrogens is 246 g/mol. The van der Waals surface area contributed by atoms with E-state index < -0.39 is 0 Å². The predicted molar refractivity (Wildman–Crippen MR) is 84.0 cm³/mol. The molecular formula is C17H19N3. The van der Waals surface area contributed by atoms with E-state index in [-0.39, 0.29) is 0 Å². The number of anilines is 1. The van der Waals surface area contributed by atoms with Crippen LogP contribution in [0.4, 0.5) is 5.69 Å². The van der Waals surface area contributed by atoms with Crippen LogP contribution in [0.2, 0.25) is 0 Å². The summed E-state index contributed by atoms with van der Waals surface area (Å²) in [6, 6.07) is 12.6. The van der Waals surface area contributed by atoms with Crippen molar-refractivity contribution in [3.8, 4) is 0 Å². The molecule has 3 rings (SSSR count). The van der Waals surface area contributed by atoms with E-state index >= 15 is 0 Å². The number of nitrogens with zero attached hydrogens (tertiary/aromatic N) is 2. The molecule has 0 saturated carbocycles. The minimum Gasteiger partial charge on any atom is -0.380 e. The van der Waals surface area contributed by atoms with Crippen LogP contribution in [0.1, 0.15) is 17.0 Å². The average molecular weight is 265 g/mol. The number of hydrogen-bond acceptors (Lipinski definition) is 2. The molecule has 0 aliphatic carbocycles. The van der Waals surface area contributed by atoms with Gasteiger partial charge in [0.2, 0.25) is 0 Å². The maximum Gasteiger partial charge on any atom is 0.0703 e. The Labute approximate surface area is 119 Å². The van der Waals surface area contributed by atoms with Crippen molar-refractivity contribution >= 4 is 16.6 Å². The summed E-state index contributed by atoms with van der Waals surface area (Å²) in [4.78, 5) is 4.47. The first-order chi connectivity index (χ1) is 9.65. The molecule has 0 spiro atoms. The quantitative estimate of drug-likeness (QED) is 0.780. The van der Waals surface area contributed by atoms with Gasteiger partial charge in [0.25, 0.3) is 0 Å². The smallest absolute Gasteiger partial charge is 0.0703 e. The van der Waals surface area contributed by atoms with Gasteiger partial charge in [-0.15, -0.1) is 0 Å². The van der Waals surface area contributed by atoms with Crippen molar-refractivity contribution in [2.24, 2.45) is 7.05 Å². The number of aryl methyl sites for hydroxylation is 1. The SMILES string of the molecule is Cc1cc(CNc2cnc3ccccc3c2)c(C)n1C. The largest absolute Gasteiger partial charge is 0.380 e. The summed E-state index contributed by atoms with van der Waals surface area (Å²) in [7, 11) is 2.10. The van der Waals surface area contributed by atoms with E-state index in [4.69, 9.17) is 0 Å². The lowest BCUT2D eigenvalue weighted by Gasteiger charge is -2.07. The minimum atomic E-state index is 0.827. The number of pyridine rings is 1. The van der Waals surface area contributed by atoms with Crippen LogP contribution in [0.25, 0.3) is 10.9 Å². The van der Waals surface area contributed by atoms with E-state index in [1.54, 1.807) is 0 Å². The number of benzene rings is 1. The van der Waals surface area contributed by atoms with Crippen LogP contribution in [-0.4, -0.2) is 9.55 Å². The zero-order valence-electron chi connectivity index (χ0n) is 12.1. The lowest BCUT2D eigenvalue weighted by Crippen LogP contribution is -2.01. The highest BCUT2D eigenvalue weighted by atomic mass is 15.0. The number of aromatic nitrogens is 2. The number of hydrogen-bond donors (Lipinski definition) is 1. The minimum absolute atomic E-state index is 0.827. The highest BCUT2D eigenvalue weighted by molar-refractivity contribution is 5.81. The van der Waals surface area contributed by atoms with Crippen LogP contribution in [0, 0.1) is 13.8 Å². The second-order valence-corrected chi connectivity index (χ2v) is 5.23. The zero-order chi connectivity index (χ0) is 14.1. The molecule has 3 nitrogen and oxygen atoms in total. The molecule has 0 atom stereocenters. The van der Waals surface area contributed by atoms with Gasteiger partial charge in [0, 0.05) is 30.4 Å². The van der Waals surface area contributed by atoms with Crippen molar-refractivity contribution in [2.45, 2.75) is 20.4 Å². The molecule has 0 aliphatic heterocycles. The van der Waals surface area contributed by atoms with Gasteiger partial charge in [-0.1, -0.05) is 18.2 Å². The van der Waals surface area contributed by atoms with Gasteiger partial charge >= 0.3 is 0 Å². The van der Waals surface area contributed by atoms with Gasteiger partial charge in [-0.3, -0.25) is 4.98 Å². The Morgan fingerprint density at radius 1 is 1.15 bits per heavy atom. The normalized spacial score (nSPS) is 10.9. The monoisotopic (exact) mass is 265 g/mol. The lowest BCUT2D eigenvalue weighted by atomic mass is 10.2. The summed E-state index contributed by atoms with van der Waals surface area (Å²) >= 11 is 0. The summed E-state index contributed by atoms with van der Waals surface area (Å²) in [5, 5.41) is 4.62. The fraction of sp³-hybridized carbons (Fsp3) is 0.235. The maximum absolute atomic E-state index is 4.47. The van der Waals surface area contributed by atoms with Crippen molar-refractivity contribution < 1.29 is 0 Å². The van der Waals surface area contributed by atoms with E-state index in [9.17, 15) is 0 Å². The van der Waals surface area contributed by atoms with Crippen molar-refractivity contribution in [3.63, 3.8) is 0 Å². The van der Waals surface area contributed by atoms with Crippen LogP contribution in [0.3, 0.4) is 0 Å². The van der Waals surface area contributed by atoms with Crippen molar-refractivity contribution in [1.29, 1.82) is 0 Å². The molecule has 2 aromatic heterocycles. The second kappa shape index (κ2) is 5.00. The molecule has 1 N–H and O–H groups in total. The van der Waals surface area contributed by atoms with Gasteiger partial charge in [-0.05, 0) is 37.6 Å². The Morgan fingerprint density at radius 2 is 1.95 bits per heavy atom. The van der Waals surface area contributed by atoms with Crippen LogP contribution in [-0.2, 0) is 13.6 Å². The standard InChI is InChI=1S/C17H19N3/c1-12-8-15(13(2)20(12)3)10-18-16-9-14-6-4-5-7-17(14)19-11-16/h4-9,11,18H,10H2,1-3H3. The Morgan fingerprint density at radius 3 is 2.70 bits per heavy atom. The predicted octanol–water partition coefficient (Wildman–Crippen LogP) is 3.80. The molecule has 0 saturated heterocycles. The van der Waals surface area contributed by atoms with Crippen molar-refractivity contribution in [1.82, 2.24) is 9.55 Å². The highest BCUT2D eigenvalue weighted by Gasteiger charge is 2.05. The van der Waals surface area contributed by atoms with Crippen molar-refractivity contribution in [3.05, 3.63) is 59.5 Å². The Hall–Kier alpha value is -2.29. The third-order valence-corrected chi connectivity index (χ3v) is 3.95. The number of fused-ring (bicyclic) bond motifs is 1. The van der Waals surface area contributed by atoms with Gasteiger partial charge in [0.1, 0.15) is 0 Å². The molecule has 1 aromatic carbocycles. The Bertz CT molecular complexity index is 756. The van der Waals surface area contributed by atoms with Crippen molar-refractivity contribution in [2.75, 3.05) is 5.32 Å². The van der Waals surface area contributed by atoms with E-state index in [2.05, 4.69) is 54.0 Å². The number of nitrogens with one attached hydrogen (secondary N) is 1. The molecule has 0 unspecified atom stereocenters. The molecule has 2 heterocycles.